The number of nitrogens with zero attached hydrogens (tertiary/aromatic N) is 2. The molecule has 0 saturated carbocycles. The molecule has 3 aromatic rings. The number of hydrogen-bond donors (Lipinski definition) is 4. The first-order valence-electron chi connectivity index (χ1n) is 8.65. The fourth-order valence-electron chi connectivity index (χ4n) is 3.09. The Hall–Kier alpha value is -2.75. The Bertz CT molecular complexity index is 973. The maximum absolute atomic E-state index is 12.5. The van der Waals surface area contributed by atoms with Crippen molar-refractivity contribution in [2.45, 2.75) is 6.54 Å². The van der Waals surface area contributed by atoms with Crippen LogP contribution in [0.25, 0.3) is 10.2 Å². The first kappa shape index (κ1) is 17.7. The van der Waals surface area contributed by atoms with E-state index in [1.165, 1.54) is 11.6 Å². The van der Waals surface area contributed by atoms with Crippen LogP contribution in [-0.4, -0.2) is 58.3 Å². The SMILES string of the molecule is O=C(Nc1n[nH]c2sc(C(=O)O)cc12)c1ccc(CN2CCNCC2)cc1. The fourth-order valence-corrected chi connectivity index (χ4v) is 3.93. The van der Waals surface area contributed by atoms with Gasteiger partial charge in [-0.05, 0) is 23.8 Å². The highest BCUT2D eigenvalue weighted by molar-refractivity contribution is 7.20. The highest BCUT2D eigenvalue weighted by Gasteiger charge is 2.16. The van der Waals surface area contributed by atoms with E-state index in [1.54, 1.807) is 12.1 Å². The van der Waals surface area contributed by atoms with Crippen molar-refractivity contribution in [3.8, 4) is 0 Å². The third kappa shape index (κ3) is 3.85. The van der Waals surface area contributed by atoms with Gasteiger partial charge in [0, 0.05) is 38.3 Å². The number of benzene rings is 1. The summed E-state index contributed by atoms with van der Waals surface area (Å²) >= 11 is 1.09. The number of H-pyrrole nitrogens is 1. The zero-order valence-corrected chi connectivity index (χ0v) is 15.3. The standard InChI is InChI=1S/C18H19N5O3S/c24-16(20-15-13-9-14(18(25)26)27-17(13)22-21-15)12-3-1-11(2-4-12)10-23-7-5-19-6-8-23/h1-4,9,19H,5-8,10H2,(H,25,26)(H2,20,21,22,24). The number of carbonyl (C=O) groups is 2. The van der Waals surface area contributed by atoms with Crippen molar-refractivity contribution < 1.29 is 14.7 Å². The molecule has 0 atom stereocenters. The minimum atomic E-state index is -0.998. The number of carboxylic acid groups (broad SMARTS) is 1. The maximum atomic E-state index is 12.5. The second kappa shape index (κ2) is 7.47. The summed E-state index contributed by atoms with van der Waals surface area (Å²) in [6.45, 7) is 4.93. The molecule has 0 unspecified atom stereocenters. The molecule has 3 heterocycles. The number of carbonyl (C=O) groups excluding carboxylic acids is 1. The minimum Gasteiger partial charge on any atom is -0.477 e. The predicted molar refractivity (Wildman–Crippen MR) is 103 cm³/mol. The number of anilines is 1. The third-order valence-electron chi connectivity index (χ3n) is 4.53. The lowest BCUT2D eigenvalue weighted by atomic mass is 10.1. The quantitative estimate of drug-likeness (QED) is 0.535. The van der Waals surface area contributed by atoms with Gasteiger partial charge in [0.25, 0.3) is 5.91 Å². The summed E-state index contributed by atoms with van der Waals surface area (Å²) in [7, 11) is 0. The molecule has 27 heavy (non-hydrogen) atoms. The largest absolute Gasteiger partial charge is 0.477 e. The normalized spacial score (nSPS) is 15.1. The molecule has 1 saturated heterocycles. The molecule has 4 N–H and O–H groups in total. The number of aromatic amines is 1. The summed E-state index contributed by atoms with van der Waals surface area (Å²) in [5.74, 6) is -0.939. The Morgan fingerprint density at radius 2 is 1.96 bits per heavy atom. The van der Waals surface area contributed by atoms with Gasteiger partial charge >= 0.3 is 5.97 Å². The molecule has 1 fully saturated rings. The topological polar surface area (TPSA) is 110 Å². The predicted octanol–water partition coefficient (Wildman–Crippen LogP) is 1.98. The number of carboxylic acids is 1. The van der Waals surface area contributed by atoms with Crippen LogP contribution in [0, 0.1) is 0 Å². The van der Waals surface area contributed by atoms with Crippen LogP contribution in [0.2, 0.25) is 0 Å². The number of hydrogen-bond acceptors (Lipinski definition) is 6. The second-order valence-electron chi connectivity index (χ2n) is 6.41. The van der Waals surface area contributed by atoms with E-state index in [0.29, 0.717) is 21.6 Å². The van der Waals surface area contributed by atoms with Crippen molar-refractivity contribution in [2.75, 3.05) is 31.5 Å². The lowest BCUT2D eigenvalue weighted by molar-refractivity contribution is 0.0702. The summed E-state index contributed by atoms with van der Waals surface area (Å²) < 4.78 is 0. The Labute approximate surface area is 159 Å². The maximum Gasteiger partial charge on any atom is 0.345 e. The number of aromatic nitrogens is 2. The summed E-state index contributed by atoms with van der Waals surface area (Å²) in [5, 5.41) is 22.6. The molecular formula is C18H19N5O3S. The molecule has 1 aromatic carbocycles. The Kier molecular flexibility index (Phi) is 4.88. The van der Waals surface area contributed by atoms with Crippen molar-refractivity contribution >= 4 is 39.2 Å². The molecule has 0 spiro atoms. The molecule has 1 aliphatic heterocycles. The van der Waals surface area contributed by atoms with Crippen LogP contribution in [0.15, 0.2) is 30.3 Å². The highest BCUT2D eigenvalue weighted by atomic mass is 32.1. The van der Waals surface area contributed by atoms with Crippen LogP contribution in [0.3, 0.4) is 0 Å². The Morgan fingerprint density at radius 3 is 2.67 bits per heavy atom. The molecular weight excluding hydrogens is 366 g/mol. The molecule has 9 heteroatoms. The van der Waals surface area contributed by atoms with E-state index in [9.17, 15) is 9.59 Å². The van der Waals surface area contributed by atoms with Gasteiger partial charge in [-0.25, -0.2) is 4.79 Å². The minimum absolute atomic E-state index is 0.200. The number of nitrogens with one attached hydrogen (secondary N) is 3. The van der Waals surface area contributed by atoms with Crippen molar-refractivity contribution in [1.29, 1.82) is 0 Å². The van der Waals surface area contributed by atoms with E-state index in [-0.39, 0.29) is 10.8 Å². The van der Waals surface area contributed by atoms with Crippen LogP contribution in [0.1, 0.15) is 25.6 Å². The van der Waals surface area contributed by atoms with Crippen LogP contribution < -0.4 is 10.6 Å². The first-order valence-corrected chi connectivity index (χ1v) is 9.46. The van der Waals surface area contributed by atoms with Crippen molar-refractivity contribution in [2.24, 2.45) is 0 Å². The number of fused-ring (bicyclic) bond motifs is 1. The zero-order valence-electron chi connectivity index (χ0n) is 14.5. The summed E-state index contributed by atoms with van der Waals surface area (Å²) in [6, 6.07) is 9.03. The van der Waals surface area contributed by atoms with Gasteiger partial charge in [0.1, 0.15) is 9.71 Å². The lowest BCUT2D eigenvalue weighted by Gasteiger charge is -2.27. The molecule has 2 aromatic heterocycles. The molecule has 140 valence electrons. The molecule has 0 radical (unpaired) electrons. The van der Waals surface area contributed by atoms with Gasteiger partial charge in [-0.15, -0.1) is 11.3 Å². The van der Waals surface area contributed by atoms with Gasteiger partial charge in [-0.2, -0.15) is 5.10 Å². The van der Waals surface area contributed by atoms with E-state index in [1.807, 2.05) is 12.1 Å². The average molecular weight is 385 g/mol. The zero-order chi connectivity index (χ0) is 18.8. The van der Waals surface area contributed by atoms with E-state index in [0.717, 1.165) is 44.1 Å². The van der Waals surface area contributed by atoms with Crippen molar-refractivity contribution in [3.63, 3.8) is 0 Å². The molecule has 1 aliphatic rings. The molecule has 1 amide bonds. The average Bonchev–Trinajstić information content (AvgIpc) is 3.25. The van der Waals surface area contributed by atoms with E-state index in [4.69, 9.17) is 5.11 Å². The Morgan fingerprint density at radius 1 is 1.22 bits per heavy atom. The number of amides is 1. The fraction of sp³-hybridized carbons (Fsp3) is 0.278. The van der Waals surface area contributed by atoms with Gasteiger partial charge in [0.05, 0.1) is 5.39 Å². The second-order valence-corrected chi connectivity index (χ2v) is 7.46. The van der Waals surface area contributed by atoms with Crippen LogP contribution in [0.5, 0.6) is 0 Å². The first-order chi connectivity index (χ1) is 13.1. The molecule has 0 bridgehead atoms. The van der Waals surface area contributed by atoms with Crippen LogP contribution >= 0.6 is 11.3 Å². The van der Waals surface area contributed by atoms with Gasteiger partial charge in [0.2, 0.25) is 0 Å². The van der Waals surface area contributed by atoms with Crippen LogP contribution in [-0.2, 0) is 6.54 Å². The summed E-state index contributed by atoms with van der Waals surface area (Å²) in [5.41, 5.74) is 1.70. The number of thiophene rings is 1. The monoisotopic (exact) mass is 385 g/mol. The molecule has 4 rings (SSSR count). The lowest BCUT2D eigenvalue weighted by Crippen LogP contribution is -2.42. The van der Waals surface area contributed by atoms with Crippen LogP contribution in [0.4, 0.5) is 5.82 Å². The van der Waals surface area contributed by atoms with Gasteiger partial charge < -0.3 is 15.7 Å². The third-order valence-corrected chi connectivity index (χ3v) is 5.56. The smallest absolute Gasteiger partial charge is 0.345 e. The van der Waals surface area contributed by atoms with Gasteiger partial charge in [-0.1, -0.05) is 12.1 Å². The van der Waals surface area contributed by atoms with E-state index >= 15 is 0 Å². The molecule has 8 nitrogen and oxygen atoms in total. The van der Waals surface area contributed by atoms with E-state index in [2.05, 4.69) is 25.7 Å². The number of rotatable bonds is 5. The molecule has 0 aliphatic carbocycles. The van der Waals surface area contributed by atoms with Gasteiger partial charge in [-0.3, -0.25) is 14.8 Å². The van der Waals surface area contributed by atoms with E-state index < -0.39 is 5.97 Å². The van der Waals surface area contributed by atoms with Crippen molar-refractivity contribution in [3.05, 3.63) is 46.3 Å². The summed E-state index contributed by atoms with van der Waals surface area (Å²) in [4.78, 5) is 26.8. The Balaban J connectivity index is 1.44. The number of piperazine rings is 1. The van der Waals surface area contributed by atoms with Gasteiger partial charge in [0.15, 0.2) is 5.82 Å². The van der Waals surface area contributed by atoms with Crippen molar-refractivity contribution in [1.82, 2.24) is 20.4 Å². The number of aromatic carboxylic acids is 1. The highest BCUT2D eigenvalue weighted by Crippen LogP contribution is 2.29. The summed E-state index contributed by atoms with van der Waals surface area (Å²) in [6.07, 6.45) is 0.